The van der Waals surface area contributed by atoms with Crippen molar-refractivity contribution in [2.75, 3.05) is 5.32 Å². The molecule has 0 unspecified atom stereocenters. The average molecular weight is 427 g/mol. The van der Waals surface area contributed by atoms with E-state index in [-0.39, 0.29) is 11.7 Å². The Morgan fingerprint density at radius 1 is 0.969 bits per heavy atom. The second-order valence-corrected chi connectivity index (χ2v) is 7.78. The summed E-state index contributed by atoms with van der Waals surface area (Å²) < 4.78 is 21.1. The number of para-hydroxylation sites is 1. The first-order valence-corrected chi connectivity index (χ1v) is 10.7. The van der Waals surface area contributed by atoms with E-state index in [0.717, 1.165) is 42.9 Å². The molecule has 4 aromatic rings. The number of imidazole rings is 1. The van der Waals surface area contributed by atoms with E-state index in [1.807, 2.05) is 24.3 Å². The number of carbonyl (C=O) groups excluding carboxylic acids is 1. The molecule has 5 nitrogen and oxygen atoms in total. The molecule has 1 aliphatic rings. The lowest BCUT2D eigenvalue weighted by Gasteiger charge is -2.11. The van der Waals surface area contributed by atoms with Gasteiger partial charge < -0.3 is 14.6 Å². The number of fused-ring (bicyclic) bond motifs is 1. The summed E-state index contributed by atoms with van der Waals surface area (Å²) in [7, 11) is 0. The molecule has 0 atom stereocenters. The number of rotatable bonds is 5. The Labute approximate surface area is 185 Å². The molecule has 0 bridgehead atoms. The van der Waals surface area contributed by atoms with Crippen LogP contribution in [0, 0.1) is 5.82 Å². The van der Waals surface area contributed by atoms with Gasteiger partial charge in [-0.3, -0.25) is 4.79 Å². The number of ether oxygens (including phenoxy) is 1. The molecule has 0 aliphatic carbocycles. The minimum atomic E-state index is -0.331. The molecule has 0 saturated heterocycles. The minimum Gasteiger partial charge on any atom is -0.457 e. The number of nitrogens with zero attached hydrogens (tertiary/aromatic N) is 2. The Morgan fingerprint density at radius 2 is 1.81 bits per heavy atom. The first-order valence-electron chi connectivity index (χ1n) is 10.7. The standard InChI is InChI=1S/C26H22FN3O2/c27-19-11-13-20(14-12-19)32-21-7-5-6-18(16-21)26(31)29-23-9-2-1-8-22(23)24-17-30-15-4-3-10-25(30)28-24/h1-2,5-9,11-14,16-17H,3-4,10,15H2,(H,29,31). The molecule has 1 aliphatic heterocycles. The summed E-state index contributed by atoms with van der Waals surface area (Å²) in [5.41, 5.74) is 2.93. The van der Waals surface area contributed by atoms with Gasteiger partial charge in [-0.2, -0.15) is 0 Å². The summed E-state index contributed by atoms with van der Waals surface area (Å²) >= 11 is 0. The molecule has 0 spiro atoms. The van der Waals surface area contributed by atoms with E-state index in [1.165, 1.54) is 12.1 Å². The molecule has 5 rings (SSSR count). The molecule has 160 valence electrons. The molecule has 0 radical (unpaired) electrons. The molecule has 1 N–H and O–H groups in total. The van der Waals surface area contributed by atoms with Crippen LogP contribution in [0.4, 0.5) is 10.1 Å². The summed E-state index contributed by atoms with van der Waals surface area (Å²) in [5.74, 6) is 1.52. The summed E-state index contributed by atoms with van der Waals surface area (Å²) in [6.07, 6.45) is 5.37. The van der Waals surface area contributed by atoms with Crippen LogP contribution in [0.1, 0.15) is 29.0 Å². The molecule has 2 heterocycles. The predicted octanol–water partition coefficient (Wildman–Crippen LogP) is 6.07. The van der Waals surface area contributed by atoms with Gasteiger partial charge in [-0.15, -0.1) is 0 Å². The van der Waals surface area contributed by atoms with Crippen LogP contribution in [-0.4, -0.2) is 15.5 Å². The second-order valence-electron chi connectivity index (χ2n) is 7.78. The SMILES string of the molecule is O=C(Nc1ccccc1-c1cn2c(n1)CCCC2)c1cccc(Oc2ccc(F)cc2)c1. The fraction of sp³-hybridized carbons (Fsp3) is 0.154. The second kappa shape index (κ2) is 8.67. The number of anilines is 1. The molecule has 3 aromatic carbocycles. The number of hydrogen-bond donors (Lipinski definition) is 1. The molecule has 32 heavy (non-hydrogen) atoms. The number of halogens is 1. The van der Waals surface area contributed by atoms with Gasteiger partial charge in [-0.05, 0) is 61.4 Å². The molecular formula is C26H22FN3O2. The van der Waals surface area contributed by atoms with Crippen LogP contribution >= 0.6 is 0 Å². The van der Waals surface area contributed by atoms with Crippen LogP contribution in [-0.2, 0) is 13.0 Å². The van der Waals surface area contributed by atoms with Gasteiger partial charge in [-0.25, -0.2) is 9.37 Å². The highest BCUT2D eigenvalue weighted by Gasteiger charge is 2.17. The third kappa shape index (κ3) is 4.25. The predicted molar refractivity (Wildman–Crippen MR) is 121 cm³/mol. The fourth-order valence-corrected chi connectivity index (χ4v) is 3.89. The normalized spacial score (nSPS) is 12.8. The van der Waals surface area contributed by atoms with Gasteiger partial charge in [0.05, 0.1) is 11.4 Å². The number of nitrogens with one attached hydrogen (secondary N) is 1. The lowest BCUT2D eigenvalue weighted by Crippen LogP contribution is -2.12. The number of carbonyl (C=O) groups is 1. The first kappa shape index (κ1) is 20.0. The van der Waals surface area contributed by atoms with E-state index in [2.05, 4.69) is 16.1 Å². The highest BCUT2D eigenvalue weighted by Crippen LogP contribution is 2.30. The van der Waals surface area contributed by atoms with Gasteiger partial charge in [0.2, 0.25) is 0 Å². The Bertz CT molecular complexity index is 1240. The van der Waals surface area contributed by atoms with E-state index in [0.29, 0.717) is 22.7 Å². The number of hydrogen-bond acceptors (Lipinski definition) is 3. The zero-order chi connectivity index (χ0) is 21.9. The Balaban J connectivity index is 1.37. The Morgan fingerprint density at radius 3 is 2.66 bits per heavy atom. The maximum absolute atomic E-state index is 13.1. The van der Waals surface area contributed by atoms with Crippen molar-refractivity contribution in [2.24, 2.45) is 0 Å². The third-order valence-corrected chi connectivity index (χ3v) is 5.51. The van der Waals surface area contributed by atoms with Crippen molar-refractivity contribution in [1.29, 1.82) is 0 Å². The topological polar surface area (TPSA) is 56.2 Å². The zero-order valence-electron chi connectivity index (χ0n) is 17.4. The maximum atomic E-state index is 13.1. The van der Waals surface area contributed by atoms with Gasteiger partial charge >= 0.3 is 0 Å². The van der Waals surface area contributed by atoms with Crippen LogP contribution in [0.5, 0.6) is 11.5 Å². The fourth-order valence-electron chi connectivity index (χ4n) is 3.89. The van der Waals surface area contributed by atoms with Gasteiger partial charge in [0.15, 0.2) is 0 Å². The average Bonchev–Trinajstić information content (AvgIpc) is 3.25. The molecular weight excluding hydrogens is 405 g/mol. The molecule has 1 amide bonds. The summed E-state index contributed by atoms with van der Waals surface area (Å²) in [6, 6.07) is 20.3. The van der Waals surface area contributed by atoms with E-state index >= 15 is 0 Å². The summed E-state index contributed by atoms with van der Waals surface area (Å²) in [6.45, 7) is 0.984. The monoisotopic (exact) mass is 427 g/mol. The zero-order valence-corrected chi connectivity index (χ0v) is 17.4. The van der Waals surface area contributed by atoms with Crippen molar-refractivity contribution in [3.05, 3.63) is 96.2 Å². The molecule has 0 saturated carbocycles. The highest BCUT2D eigenvalue weighted by molar-refractivity contribution is 6.06. The summed E-state index contributed by atoms with van der Waals surface area (Å²) in [4.78, 5) is 17.8. The van der Waals surface area contributed by atoms with Crippen molar-refractivity contribution < 1.29 is 13.9 Å². The van der Waals surface area contributed by atoms with Crippen molar-refractivity contribution in [3.63, 3.8) is 0 Å². The van der Waals surface area contributed by atoms with Crippen LogP contribution in [0.15, 0.2) is 79.0 Å². The van der Waals surface area contributed by atoms with E-state index in [9.17, 15) is 9.18 Å². The molecule has 6 heteroatoms. The van der Waals surface area contributed by atoms with Crippen molar-refractivity contribution in [1.82, 2.24) is 9.55 Å². The smallest absolute Gasteiger partial charge is 0.255 e. The van der Waals surface area contributed by atoms with Gasteiger partial charge in [0.25, 0.3) is 5.91 Å². The van der Waals surface area contributed by atoms with Crippen molar-refractivity contribution in [3.8, 4) is 22.8 Å². The molecule has 0 fully saturated rings. The van der Waals surface area contributed by atoms with E-state index < -0.39 is 0 Å². The van der Waals surface area contributed by atoms with Crippen LogP contribution < -0.4 is 10.1 Å². The lowest BCUT2D eigenvalue weighted by molar-refractivity contribution is 0.102. The number of benzene rings is 3. The van der Waals surface area contributed by atoms with E-state index in [1.54, 1.807) is 36.4 Å². The molecule has 1 aromatic heterocycles. The first-order chi connectivity index (χ1) is 15.7. The third-order valence-electron chi connectivity index (χ3n) is 5.51. The number of aryl methyl sites for hydroxylation is 2. The lowest BCUT2D eigenvalue weighted by atomic mass is 10.1. The van der Waals surface area contributed by atoms with Crippen molar-refractivity contribution in [2.45, 2.75) is 25.8 Å². The Kier molecular flexibility index (Phi) is 5.42. The maximum Gasteiger partial charge on any atom is 0.255 e. The van der Waals surface area contributed by atoms with Crippen LogP contribution in [0.3, 0.4) is 0 Å². The quantitative estimate of drug-likeness (QED) is 0.421. The van der Waals surface area contributed by atoms with Crippen molar-refractivity contribution >= 4 is 11.6 Å². The van der Waals surface area contributed by atoms with Gasteiger partial charge in [0, 0.05) is 30.3 Å². The number of aromatic nitrogens is 2. The van der Waals surface area contributed by atoms with E-state index in [4.69, 9.17) is 9.72 Å². The number of amides is 1. The highest BCUT2D eigenvalue weighted by atomic mass is 19.1. The van der Waals surface area contributed by atoms with Gasteiger partial charge in [-0.1, -0.05) is 24.3 Å². The minimum absolute atomic E-state index is 0.244. The van der Waals surface area contributed by atoms with Crippen LogP contribution in [0.2, 0.25) is 0 Å². The summed E-state index contributed by atoms with van der Waals surface area (Å²) in [5, 5.41) is 3.01. The van der Waals surface area contributed by atoms with Gasteiger partial charge in [0.1, 0.15) is 23.1 Å². The van der Waals surface area contributed by atoms with Crippen LogP contribution in [0.25, 0.3) is 11.3 Å². The largest absolute Gasteiger partial charge is 0.457 e. The Hall–Kier alpha value is -3.93.